The van der Waals surface area contributed by atoms with Crippen molar-refractivity contribution in [2.24, 2.45) is 0 Å². The van der Waals surface area contributed by atoms with Gasteiger partial charge in [-0.15, -0.1) is 0 Å². The van der Waals surface area contributed by atoms with E-state index in [1.807, 2.05) is 18.2 Å². The summed E-state index contributed by atoms with van der Waals surface area (Å²) < 4.78 is 7.07. The molecule has 4 aromatic rings. The molecule has 0 spiro atoms. The van der Waals surface area contributed by atoms with E-state index in [0.717, 1.165) is 15.6 Å². The van der Waals surface area contributed by atoms with Crippen molar-refractivity contribution < 1.29 is 4.42 Å². The van der Waals surface area contributed by atoms with Crippen molar-refractivity contribution >= 4 is 37.9 Å². The molecule has 1 heterocycles. The Morgan fingerprint density at radius 2 is 1.62 bits per heavy atom. The van der Waals surface area contributed by atoms with E-state index in [2.05, 4.69) is 65.3 Å². The molecule has 1 aromatic heterocycles. The number of fused-ring (bicyclic) bond motifs is 3. The van der Waals surface area contributed by atoms with Gasteiger partial charge < -0.3 is 4.42 Å². The summed E-state index contributed by atoms with van der Waals surface area (Å²) in [5.41, 5.74) is 5.60. The van der Waals surface area contributed by atoms with Gasteiger partial charge >= 0.3 is 0 Å². The van der Waals surface area contributed by atoms with E-state index in [0.29, 0.717) is 0 Å². The van der Waals surface area contributed by atoms with Gasteiger partial charge in [-0.3, -0.25) is 0 Å². The van der Waals surface area contributed by atoms with E-state index in [4.69, 9.17) is 4.42 Å². The summed E-state index contributed by atoms with van der Waals surface area (Å²) in [6.07, 6.45) is 0. The van der Waals surface area contributed by atoms with Gasteiger partial charge in [-0.25, -0.2) is 0 Å². The quantitative estimate of drug-likeness (QED) is 0.396. The first-order valence-corrected chi connectivity index (χ1v) is 7.70. The van der Waals surface area contributed by atoms with Gasteiger partial charge in [0.2, 0.25) is 0 Å². The second-order valence-electron chi connectivity index (χ2n) is 5.24. The highest BCUT2D eigenvalue weighted by Gasteiger charge is 2.13. The molecule has 0 saturated carbocycles. The standard InChI is InChI=1S/C19H13BrO/c1-12-11-13(20)9-10-14(12)15-6-4-8-18-19(15)16-5-2-3-7-17(16)21-18/h2-11H,1H3. The lowest BCUT2D eigenvalue weighted by molar-refractivity contribution is 0.669. The zero-order chi connectivity index (χ0) is 14.4. The lowest BCUT2D eigenvalue weighted by Gasteiger charge is -2.08. The second kappa shape index (κ2) is 4.74. The zero-order valence-corrected chi connectivity index (χ0v) is 13.1. The van der Waals surface area contributed by atoms with Gasteiger partial charge in [0.05, 0.1) is 0 Å². The van der Waals surface area contributed by atoms with Crippen LogP contribution >= 0.6 is 15.9 Å². The maximum Gasteiger partial charge on any atom is 0.136 e. The van der Waals surface area contributed by atoms with Crippen LogP contribution in [-0.2, 0) is 0 Å². The van der Waals surface area contributed by atoms with Gasteiger partial charge in [-0.05, 0) is 47.9 Å². The molecule has 0 radical (unpaired) electrons. The highest BCUT2D eigenvalue weighted by molar-refractivity contribution is 9.10. The molecule has 0 saturated heterocycles. The summed E-state index contributed by atoms with van der Waals surface area (Å²) in [6, 6.07) is 20.9. The minimum absolute atomic E-state index is 0.940. The normalized spacial score (nSPS) is 11.3. The number of para-hydroxylation sites is 1. The summed E-state index contributed by atoms with van der Waals surface area (Å²) in [5.74, 6) is 0. The van der Waals surface area contributed by atoms with Gasteiger partial charge in [0.1, 0.15) is 11.2 Å². The summed E-state index contributed by atoms with van der Waals surface area (Å²) in [6.45, 7) is 2.14. The SMILES string of the molecule is Cc1cc(Br)ccc1-c1cccc2oc3ccccc3c12. The third-order valence-corrected chi connectivity index (χ3v) is 4.37. The van der Waals surface area contributed by atoms with Crippen LogP contribution in [0.15, 0.2) is 69.6 Å². The van der Waals surface area contributed by atoms with Crippen LogP contribution in [0.3, 0.4) is 0 Å². The van der Waals surface area contributed by atoms with E-state index < -0.39 is 0 Å². The topological polar surface area (TPSA) is 13.1 Å². The third kappa shape index (κ3) is 1.98. The maximum atomic E-state index is 5.97. The fourth-order valence-corrected chi connectivity index (χ4v) is 3.40. The molecule has 0 aliphatic rings. The summed E-state index contributed by atoms with van der Waals surface area (Å²) in [5, 5.41) is 2.36. The van der Waals surface area contributed by atoms with Crippen LogP contribution in [-0.4, -0.2) is 0 Å². The Labute approximate surface area is 131 Å². The molecule has 0 N–H and O–H groups in total. The van der Waals surface area contributed by atoms with Crippen LogP contribution in [0.4, 0.5) is 0 Å². The fourth-order valence-electron chi connectivity index (χ4n) is 2.93. The molecular formula is C19H13BrO. The number of benzene rings is 3. The van der Waals surface area contributed by atoms with Crippen molar-refractivity contribution in [3.05, 3.63) is 70.7 Å². The van der Waals surface area contributed by atoms with Crippen molar-refractivity contribution in [3.8, 4) is 11.1 Å². The number of halogens is 1. The van der Waals surface area contributed by atoms with Crippen LogP contribution in [0.1, 0.15) is 5.56 Å². The average molecular weight is 337 g/mol. The molecule has 4 rings (SSSR count). The number of hydrogen-bond donors (Lipinski definition) is 0. The van der Waals surface area contributed by atoms with E-state index in [-0.39, 0.29) is 0 Å². The predicted octanol–water partition coefficient (Wildman–Crippen LogP) is 6.32. The van der Waals surface area contributed by atoms with Gasteiger partial charge in [0.15, 0.2) is 0 Å². The van der Waals surface area contributed by atoms with E-state index >= 15 is 0 Å². The molecule has 3 aromatic carbocycles. The third-order valence-electron chi connectivity index (χ3n) is 3.88. The molecule has 0 aliphatic carbocycles. The minimum atomic E-state index is 0.940. The first-order valence-electron chi connectivity index (χ1n) is 6.91. The largest absolute Gasteiger partial charge is 0.456 e. The van der Waals surface area contributed by atoms with Crippen LogP contribution < -0.4 is 0 Å². The van der Waals surface area contributed by atoms with Gasteiger partial charge in [-0.2, -0.15) is 0 Å². The predicted molar refractivity (Wildman–Crippen MR) is 91.6 cm³/mol. The maximum absolute atomic E-state index is 5.97. The lowest BCUT2D eigenvalue weighted by Crippen LogP contribution is -1.84. The van der Waals surface area contributed by atoms with Gasteiger partial charge in [0.25, 0.3) is 0 Å². The molecule has 21 heavy (non-hydrogen) atoms. The van der Waals surface area contributed by atoms with Crippen LogP contribution in [0.25, 0.3) is 33.1 Å². The average Bonchev–Trinajstić information content (AvgIpc) is 2.86. The van der Waals surface area contributed by atoms with Gasteiger partial charge in [0, 0.05) is 15.2 Å². The van der Waals surface area contributed by atoms with E-state index in [9.17, 15) is 0 Å². The van der Waals surface area contributed by atoms with Crippen molar-refractivity contribution in [2.45, 2.75) is 6.92 Å². The number of aryl methyl sites for hydroxylation is 1. The first kappa shape index (κ1) is 12.7. The minimum Gasteiger partial charge on any atom is -0.456 e. The van der Waals surface area contributed by atoms with Crippen LogP contribution in [0, 0.1) is 6.92 Å². The molecule has 0 bridgehead atoms. The summed E-state index contributed by atoms with van der Waals surface area (Å²) in [7, 11) is 0. The monoisotopic (exact) mass is 336 g/mol. The van der Waals surface area contributed by atoms with E-state index in [1.165, 1.54) is 27.5 Å². The fraction of sp³-hybridized carbons (Fsp3) is 0.0526. The molecule has 1 nitrogen and oxygen atoms in total. The molecule has 0 atom stereocenters. The van der Waals surface area contributed by atoms with E-state index in [1.54, 1.807) is 0 Å². The number of rotatable bonds is 1. The van der Waals surface area contributed by atoms with Crippen molar-refractivity contribution in [2.75, 3.05) is 0 Å². The highest BCUT2D eigenvalue weighted by atomic mass is 79.9. The highest BCUT2D eigenvalue weighted by Crippen LogP contribution is 2.37. The number of furan rings is 1. The zero-order valence-electron chi connectivity index (χ0n) is 11.6. The Morgan fingerprint density at radius 3 is 2.48 bits per heavy atom. The Morgan fingerprint density at radius 1 is 0.810 bits per heavy atom. The summed E-state index contributed by atoms with van der Waals surface area (Å²) >= 11 is 3.53. The number of hydrogen-bond acceptors (Lipinski definition) is 1. The van der Waals surface area contributed by atoms with Crippen molar-refractivity contribution in [3.63, 3.8) is 0 Å². The Kier molecular flexibility index (Phi) is 2.86. The second-order valence-corrected chi connectivity index (χ2v) is 6.15. The first-order chi connectivity index (χ1) is 10.2. The Balaban J connectivity index is 2.13. The molecule has 0 aliphatic heterocycles. The van der Waals surface area contributed by atoms with Crippen molar-refractivity contribution in [1.29, 1.82) is 0 Å². The summed E-state index contributed by atoms with van der Waals surface area (Å²) in [4.78, 5) is 0. The Hall–Kier alpha value is -2.06. The van der Waals surface area contributed by atoms with Crippen LogP contribution in [0.2, 0.25) is 0 Å². The molecular weight excluding hydrogens is 324 g/mol. The molecule has 102 valence electrons. The lowest BCUT2D eigenvalue weighted by atomic mass is 9.96. The molecule has 2 heteroatoms. The van der Waals surface area contributed by atoms with Crippen molar-refractivity contribution in [1.82, 2.24) is 0 Å². The van der Waals surface area contributed by atoms with Gasteiger partial charge in [-0.1, -0.05) is 52.3 Å². The molecule has 0 fully saturated rings. The smallest absolute Gasteiger partial charge is 0.136 e. The molecule has 0 unspecified atom stereocenters. The van der Waals surface area contributed by atoms with Crippen LogP contribution in [0.5, 0.6) is 0 Å². The molecule has 0 amide bonds. The Bertz CT molecular complexity index is 966.